The standard InChI is InChI=1S/C19H13ClN4O2/c20-16-3-1-2-14(8-16)17-22-18(26-23-17)15-10-24(11-15)19(25)13-6-4-12(9-21)5-7-13/h1-8,15H,10-11H2. The molecule has 7 heteroatoms. The molecule has 1 fully saturated rings. The normalized spacial score (nSPS) is 13.9. The number of likely N-dealkylation sites (tertiary alicyclic amines) is 1. The van der Waals surface area contributed by atoms with Gasteiger partial charge in [-0.05, 0) is 36.4 Å². The van der Waals surface area contributed by atoms with Gasteiger partial charge in [0.2, 0.25) is 11.7 Å². The highest BCUT2D eigenvalue weighted by atomic mass is 35.5. The van der Waals surface area contributed by atoms with Crippen molar-refractivity contribution in [2.75, 3.05) is 13.1 Å². The van der Waals surface area contributed by atoms with E-state index in [1.165, 1.54) is 0 Å². The molecule has 0 spiro atoms. The Labute approximate surface area is 154 Å². The molecule has 0 atom stereocenters. The van der Waals surface area contributed by atoms with E-state index >= 15 is 0 Å². The minimum Gasteiger partial charge on any atom is -0.339 e. The lowest BCUT2D eigenvalue weighted by Gasteiger charge is -2.37. The molecule has 0 unspecified atom stereocenters. The fourth-order valence-electron chi connectivity index (χ4n) is 2.82. The van der Waals surface area contributed by atoms with E-state index in [9.17, 15) is 4.79 Å². The number of amides is 1. The first kappa shape index (κ1) is 16.3. The van der Waals surface area contributed by atoms with Gasteiger partial charge in [0.05, 0.1) is 17.6 Å². The average molecular weight is 365 g/mol. The van der Waals surface area contributed by atoms with E-state index in [2.05, 4.69) is 10.1 Å². The molecule has 0 radical (unpaired) electrons. The van der Waals surface area contributed by atoms with Crippen molar-refractivity contribution in [2.24, 2.45) is 0 Å². The van der Waals surface area contributed by atoms with Crippen LogP contribution in [0.1, 0.15) is 27.7 Å². The maximum atomic E-state index is 12.4. The molecule has 4 rings (SSSR count). The van der Waals surface area contributed by atoms with Gasteiger partial charge >= 0.3 is 0 Å². The largest absolute Gasteiger partial charge is 0.339 e. The van der Waals surface area contributed by atoms with Crippen molar-refractivity contribution in [3.8, 4) is 17.5 Å². The summed E-state index contributed by atoms with van der Waals surface area (Å²) >= 11 is 5.99. The molecule has 1 amide bonds. The monoisotopic (exact) mass is 364 g/mol. The van der Waals surface area contributed by atoms with Crippen molar-refractivity contribution in [2.45, 2.75) is 5.92 Å². The van der Waals surface area contributed by atoms with E-state index in [0.29, 0.717) is 41.0 Å². The van der Waals surface area contributed by atoms with Crippen LogP contribution < -0.4 is 0 Å². The van der Waals surface area contributed by atoms with Crippen molar-refractivity contribution in [1.82, 2.24) is 15.0 Å². The lowest BCUT2D eigenvalue weighted by atomic mass is 9.98. The molecule has 0 N–H and O–H groups in total. The molecule has 0 saturated carbocycles. The fourth-order valence-corrected chi connectivity index (χ4v) is 3.01. The number of nitrogens with zero attached hydrogens (tertiary/aromatic N) is 4. The Morgan fingerprint density at radius 3 is 2.69 bits per heavy atom. The first-order valence-electron chi connectivity index (χ1n) is 8.03. The number of carbonyl (C=O) groups excluding carboxylic acids is 1. The number of aromatic nitrogens is 2. The van der Waals surface area contributed by atoms with E-state index in [-0.39, 0.29) is 11.8 Å². The third-order valence-electron chi connectivity index (χ3n) is 4.30. The zero-order chi connectivity index (χ0) is 18.1. The Morgan fingerprint density at radius 1 is 1.23 bits per heavy atom. The lowest BCUT2D eigenvalue weighted by Crippen LogP contribution is -2.48. The van der Waals surface area contributed by atoms with Crippen molar-refractivity contribution in [3.05, 3.63) is 70.6 Å². The minimum atomic E-state index is -0.0691. The van der Waals surface area contributed by atoms with Gasteiger partial charge < -0.3 is 9.42 Å². The predicted molar refractivity (Wildman–Crippen MR) is 94.5 cm³/mol. The summed E-state index contributed by atoms with van der Waals surface area (Å²) < 4.78 is 5.35. The van der Waals surface area contributed by atoms with Crippen LogP contribution in [0.25, 0.3) is 11.4 Å². The van der Waals surface area contributed by atoms with Crippen LogP contribution in [0.2, 0.25) is 5.02 Å². The predicted octanol–water partition coefficient (Wildman–Crippen LogP) is 3.50. The number of benzene rings is 2. The Morgan fingerprint density at radius 2 is 2.00 bits per heavy atom. The molecule has 1 saturated heterocycles. The highest BCUT2D eigenvalue weighted by Crippen LogP contribution is 2.29. The number of halogens is 1. The van der Waals surface area contributed by atoms with Crippen LogP contribution in [0.4, 0.5) is 0 Å². The van der Waals surface area contributed by atoms with E-state index in [1.807, 2.05) is 18.2 Å². The summed E-state index contributed by atoms with van der Waals surface area (Å²) in [5.41, 5.74) is 1.88. The second kappa shape index (κ2) is 6.62. The topological polar surface area (TPSA) is 83.0 Å². The van der Waals surface area contributed by atoms with Crippen LogP contribution in [0, 0.1) is 11.3 Å². The average Bonchev–Trinajstić information content (AvgIpc) is 3.10. The Balaban J connectivity index is 1.42. The summed E-state index contributed by atoms with van der Waals surface area (Å²) in [4.78, 5) is 18.6. The Kier molecular flexibility index (Phi) is 4.15. The number of carbonyl (C=O) groups is 1. The molecule has 2 aromatic carbocycles. The second-order valence-corrected chi connectivity index (χ2v) is 6.50. The van der Waals surface area contributed by atoms with Gasteiger partial charge in [0.1, 0.15) is 0 Å². The van der Waals surface area contributed by atoms with Gasteiger partial charge in [-0.3, -0.25) is 4.79 Å². The molecular formula is C19H13ClN4O2. The van der Waals surface area contributed by atoms with E-state index in [4.69, 9.17) is 21.4 Å². The van der Waals surface area contributed by atoms with Crippen LogP contribution in [0.3, 0.4) is 0 Å². The van der Waals surface area contributed by atoms with Gasteiger partial charge in [0.15, 0.2) is 0 Å². The number of rotatable bonds is 3. The van der Waals surface area contributed by atoms with E-state index in [0.717, 1.165) is 5.56 Å². The third kappa shape index (κ3) is 3.05. The van der Waals surface area contributed by atoms with Crippen molar-refractivity contribution in [1.29, 1.82) is 5.26 Å². The molecule has 1 aromatic heterocycles. The van der Waals surface area contributed by atoms with Crippen LogP contribution in [0.15, 0.2) is 53.1 Å². The maximum Gasteiger partial charge on any atom is 0.253 e. The second-order valence-electron chi connectivity index (χ2n) is 6.06. The molecule has 128 valence electrons. The van der Waals surface area contributed by atoms with Crippen LogP contribution >= 0.6 is 11.6 Å². The van der Waals surface area contributed by atoms with Crippen molar-refractivity contribution < 1.29 is 9.32 Å². The van der Waals surface area contributed by atoms with E-state index < -0.39 is 0 Å². The molecule has 0 aliphatic carbocycles. The Bertz CT molecular complexity index is 1000. The van der Waals surface area contributed by atoms with Crippen LogP contribution in [-0.4, -0.2) is 34.0 Å². The molecule has 2 heterocycles. The number of hydrogen-bond donors (Lipinski definition) is 0. The molecule has 1 aliphatic heterocycles. The van der Waals surface area contributed by atoms with Gasteiger partial charge in [0.25, 0.3) is 5.91 Å². The quantitative estimate of drug-likeness (QED) is 0.710. The summed E-state index contributed by atoms with van der Waals surface area (Å²) in [5, 5.41) is 13.4. The lowest BCUT2D eigenvalue weighted by molar-refractivity contribution is 0.0569. The summed E-state index contributed by atoms with van der Waals surface area (Å²) in [6.45, 7) is 1.05. The fraction of sp³-hybridized carbons (Fsp3) is 0.158. The minimum absolute atomic E-state index is 0.0257. The van der Waals surface area contributed by atoms with Gasteiger partial charge in [0, 0.05) is 29.2 Å². The molecule has 6 nitrogen and oxygen atoms in total. The van der Waals surface area contributed by atoms with Gasteiger partial charge in [-0.2, -0.15) is 10.2 Å². The zero-order valence-corrected chi connectivity index (χ0v) is 14.3. The van der Waals surface area contributed by atoms with Crippen LogP contribution in [-0.2, 0) is 0 Å². The molecule has 3 aromatic rings. The van der Waals surface area contributed by atoms with Crippen molar-refractivity contribution >= 4 is 17.5 Å². The maximum absolute atomic E-state index is 12.4. The molecule has 26 heavy (non-hydrogen) atoms. The number of hydrogen-bond acceptors (Lipinski definition) is 5. The highest BCUT2D eigenvalue weighted by molar-refractivity contribution is 6.30. The summed E-state index contributed by atoms with van der Waals surface area (Å²) in [7, 11) is 0. The SMILES string of the molecule is N#Cc1ccc(C(=O)N2CC(c3nc(-c4cccc(Cl)c4)no3)C2)cc1. The van der Waals surface area contributed by atoms with E-state index in [1.54, 1.807) is 41.3 Å². The summed E-state index contributed by atoms with van der Waals surface area (Å²) in [5.74, 6) is 0.960. The third-order valence-corrected chi connectivity index (χ3v) is 4.54. The van der Waals surface area contributed by atoms with Crippen LogP contribution in [0.5, 0.6) is 0 Å². The van der Waals surface area contributed by atoms with Crippen molar-refractivity contribution in [3.63, 3.8) is 0 Å². The Hall–Kier alpha value is -3.17. The molecule has 1 aliphatic rings. The van der Waals surface area contributed by atoms with Gasteiger partial charge in [-0.15, -0.1) is 0 Å². The first-order valence-corrected chi connectivity index (χ1v) is 8.41. The zero-order valence-electron chi connectivity index (χ0n) is 13.6. The van der Waals surface area contributed by atoms with Gasteiger partial charge in [-0.25, -0.2) is 0 Å². The highest BCUT2D eigenvalue weighted by Gasteiger charge is 2.36. The molecular weight excluding hydrogens is 352 g/mol. The summed E-state index contributed by atoms with van der Waals surface area (Å²) in [6.07, 6.45) is 0. The molecule has 0 bridgehead atoms. The first-order chi connectivity index (χ1) is 12.6. The number of nitriles is 1. The van der Waals surface area contributed by atoms with Gasteiger partial charge in [-0.1, -0.05) is 28.9 Å². The summed E-state index contributed by atoms with van der Waals surface area (Å²) in [6, 6.07) is 15.9. The smallest absolute Gasteiger partial charge is 0.253 e.